The number of rotatable bonds is 4. The minimum atomic E-state index is -3.45. The van der Waals surface area contributed by atoms with E-state index in [1.165, 1.54) is 0 Å². The summed E-state index contributed by atoms with van der Waals surface area (Å²) in [7, 11) is -3.45. The van der Waals surface area contributed by atoms with Crippen molar-refractivity contribution in [3.05, 3.63) is 75.3 Å². The Balaban J connectivity index is 1.41. The smallest absolute Gasteiger partial charge is 0.252 e. The highest BCUT2D eigenvalue weighted by Gasteiger charge is 2.30. The van der Waals surface area contributed by atoms with Gasteiger partial charge in [0.1, 0.15) is 5.69 Å². The number of sulfone groups is 1. The van der Waals surface area contributed by atoms with Gasteiger partial charge in [-0.3, -0.25) is 14.3 Å². The number of nitrogens with zero attached hydrogens (tertiary/aromatic N) is 3. The monoisotopic (exact) mass is 482 g/mol. The molecule has 8 nitrogen and oxygen atoms in total. The molecule has 3 heterocycles. The normalized spacial score (nSPS) is 15.8. The van der Waals surface area contributed by atoms with Crippen molar-refractivity contribution in [3.8, 4) is 11.3 Å². The van der Waals surface area contributed by atoms with Crippen LogP contribution in [0.5, 0.6) is 0 Å². The van der Waals surface area contributed by atoms with Gasteiger partial charge in [0, 0.05) is 22.5 Å². The standard InChI is InChI=1S/C23H19ClN4O4S/c24-17-3-1-2-16(12-17)22-21(23(25)30)18-13-27(7-8-28(18)26-22)20(29)11-14-4-5-15-6-9-33(31,32)19(15)10-14/h1-6,9-10,12H,7-8,11,13H2,(H2,25,30). The number of amides is 2. The van der Waals surface area contributed by atoms with Crippen molar-refractivity contribution in [1.29, 1.82) is 0 Å². The van der Waals surface area contributed by atoms with Gasteiger partial charge in [-0.05, 0) is 35.4 Å². The van der Waals surface area contributed by atoms with E-state index in [9.17, 15) is 18.0 Å². The van der Waals surface area contributed by atoms with Gasteiger partial charge in [-0.15, -0.1) is 0 Å². The highest BCUT2D eigenvalue weighted by molar-refractivity contribution is 7.94. The molecule has 0 aliphatic carbocycles. The highest BCUT2D eigenvalue weighted by Crippen LogP contribution is 2.31. The van der Waals surface area contributed by atoms with Crippen molar-refractivity contribution in [2.24, 2.45) is 5.73 Å². The Morgan fingerprint density at radius 1 is 1.12 bits per heavy atom. The molecule has 0 saturated carbocycles. The third-order valence-corrected chi connectivity index (χ3v) is 7.54. The van der Waals surface area contributed by atoms with Crippen LogP contribution in [0.1, 0.15) is 27.2 Å². The van der Waals surface area contributed by atoms with Gasteiger partial charge in [0.15, 0.2) is 9.84 Å². The van der Waals surface area contributed by atoms with Crippen LogP contribution in [-0.4, -0.2) is 41.5 Å². The van der Waals surface area contributed by atoms with E-state index in [0.717, 1.165) is 5.41 Å². The van der Waals surface area contributed by atoms with Crippen molar-refractivity contribution in [2.45, 2.75) is 24.4 Å². The van der Waals surface area contributed by atoms with E-state index in [0.29, 0.717) is 46.2 Å². The Hall–Kier alpha value is -3.43. The molecule has 2 amide bonds. The second-order valence-electron chi connectivity index (χ2n) is 7.98. The number of fused-ring (bicyclic) bond motifs is 2. The molecule has 0 fully saturated rings. The molecule has 10 heteroatoms. The van der Waals surface area contributed by atoms with Crippen LogP contribution in [0.3, 0.4) is 0 Å². The predicted octanol–water partition coefficient (Wildman–Crippen LogP) is 2.65. The summed E-state index contributed by atoms with van der Waals surface area (Å²) in [6.07, 6.45) is 1.59. The maximum atomic E-state index is 13.0. The zero-order valence-corrected chi connectivity index (χ0v) is 18.9. The third kappa shape index (κ3) is 3.83. The van der Waals surface area contributed by atoms with E-state index in [1.54, 1.807) is 58.1 Å². The van der Waals surface area contributed by atoms with Crippen molar-refractivity contribution in [1.82, 2.24) is 14.7 Å². The third-order valence-electron chi connectivity index (χ3n) is 5.84. The number of benzene rings is 2. The fourth-order valence-electron chi connectivity index (χ4n) is 4.22. The molecule has 0 radical (unpaired) electrons. The van der Waals surface area contributed by atoms with Gasteiger partial charge in [-0.1, -0.05) is 35.9 Å². The molecular weight excluding hydrogens is 464 g/mol. The van der Waals surface area contributed by atoms with Crippen LogP contribution in [0.25, 0.3) is 17.3 Å². The predicted molar refractivity (Wildman–Crippen MR) is 123 cm³/mol. The molecule has 5 rings (SSSR count). The van der Waals surface area contributed by atoms with Gasteiger partial charge in [0.05, 0.1) is 35.7 Å². The lowest BCUT2D eigenvalue weighted by molar-refractivity contribution is -0.132. The lowest BCUT2D eigenvalue weighted by Crippen LogP contribution is -2.40. The number of hydrogen-bond acceptors (Lipinski definition) is 5. The first-order valence-corrected chi connectivity index (χ1v) is 12.1. The molecule has 0 spiro atoms. The Morgan fingerprint density at radius 3 is 2.70 bits per heavy atom. The topological polar surface area (TPSA) is 115 Å². The fraction of sp³-hybridized carbons (Fsp3) is 0.174. The maximum Gasteiger partial charge on any atom is 0.252 e. The van der Waals surface area contributed by atoms with Gasteiger partial charge in [-0.25, -0.2) is 8.42 Å². The fourth-order valence-corrected chi connectivity index (χ4v) is 5.67. The lowest BCUT2D eigenvalue weighted by Gasteiger charge is -2.28. The van der Waals surface area contributed by atoms with E-state index >= 15 is 0 Å². The first-order chi connectivity index (χ1) is 15.7. The molecule has 33 heavy (non-hydrogen) atoms. The van der Waals surface area contributed by atoms with Crippen LogP contribution >= 0.6 is 11.6 Å². The van der Waals surface area contributed by atoms with Crippen molar-refractivity contribution in [3.63, 3.8) is 0 Å². The molecule has 1 aromatic heterocycles. The summed E-state index contributed by atoms with van der Waals surface area (Å²) in [6.45, 7) is 0.991. The van der Waals surface area contributed by atoms with Crippen LogP contribution in [0, 0.1) is 0 Å². The summed E-state index contributed by atoms with van der Waals surface area (Å²) >= 11 is 6.10. The lowest BCUT2D eigenvalue weighted by atomic mass is 10.0. The molecular formula is C23H19ClN4O4S. The number of nitrogens with two attached hydrogens (primary N) is 1. The quantitative estimate of drug-likeness (QED) is 0.613. The van der Waals surface area contributed by atoms with Gasteiger partial charge < -0.3 is 10.6 Å². The number of hydrogen-bond donors (Lipinski definition) is 1. The number of aromatic nitrogens is 2. The van der Waals surface area contributed by atoms with E-state index < -0.39 is 15.7 Å². The minimum absolute atomic E-state index is 0.0456. The summed E-state index contributed by atoms with van der Waals surface area (Å²) in [4.78, 5) is 27.2. The summed E-state index contributed by atoms with van der Waals surface area (Å²) in [5.41, 5.74) is 8.86. The SMILES string of the molecule is NC(=O)c1c(-c2cccc(Cl)c2)nn2c1CN(C(=O)Cc1ccc3c(c1)S(=O)(=O)C=C3)CC2. The average molecular weight is 483 g/mol. The van der Waals surface area contributed by atoms with Crippen molar-refractivity contribution < 1.29 is 18.0 Å². The molecule has 0 atom stereocenters. The van der Waals surface area contributed by atoms with Gasteiger partial charge in [-0.2, -0.15) is 5.10 Å². The van der Waals surface area contributed by atoms with Gasteiger partial charge in [0.2, 0.25) is 5.91 Å². The van der Waals surface area contributed by atoms with Crippen molar-refractivity contribution in [2.75, 3.05) is 6.54 Å². The number of halogens is 1. The zero-order chi connectivity index (χ0) is 23.3. The van der Waals surface area contributed by atoms with E-state index in [4.69, 9.17) is 17.3 Å². The number of carbonyl (C=O) groups is 2. The van der Waals surface area contributed by atoms with E-state index in [-0.39, 0.29) is 29.3 Å². The van der Waals surface area contributed by atoms with Crippen LogP contribution < -0.4 is 5.73 Å². The minimum Gasteiger partial charge on any atom is -0.365 e. The summed E-state index contributed by atoms with van der Waals surface area (Å²) in [6, 6.07) is 12.0. The number of primary amides is 1. The molecule has 0 unspecified atom stereocenters. The van der Waals surface area contributed by atoms with Crippen LogP contribution in [0.2, 0.25) is 5.02 Å². The molecule has 2 N–H and O–H groups in total. The Bertz CT molecular complexity index is 1460. The molecule has 0 saturated heterocycles. The summed E-state index contributed by atoms with van der Waals surface area (Å²) in [5, 5.41) is 6.24. The first kappa shape index (κ1) is 21.4. The first-order valence-electron chi connectivity index (χ1n) is 10.2. The molecule has 0 bridgehead atoms. The summed E-state index contributed by atoms with van der Waals surface area (Å²) < 4.78 is 26.0. The molecule has 2 aliphatic rings. The second kappa shape index (κ2) is 7.86. The van der Waals surface area contributed by atoms with E-state index in [2.05, 4.69) is 5.10 Å². The molecule has 2 aliphatic heterocycles. The van der Waals surface area contributed by atoms with E-state index in [1.807, 2.05) is 0 Å². The Labute approximate surface area is 195 Å². The molecule has 168 valence electrons. The molecule has 3 aromatic rings. The van der Waals surface area contributed by atoms with Crippen LogP contribution in [-0.2, 0) is 34.1 Å². The van der Waals surface area contributed by atoms with Gasteiger partial charge in [0.25, 0.3) is 5.91 Å². The Morgan fingerprint density at radius 2 is 1.94 bits per heavy atom. The zero-order valence-electron chi connectivity index (χ0n) is 17.4. The summed E-state index contributed by atoms with van der Waals surface area (Å²) in [5.74, 6) is -0.803. The maximum absolute atomic E-state index is 13.0. The second-order valence-corrected chi connectivity index (χ2v) is 10.2. The van der Waals surface area contributed by atoms with Crippen molar-refractivity contribution >= 4 is 39.3 Å². The highest BCUT2D eigenvalue weighted by atomic mass is 35.5. The average Bonchev–Trinajstić information content (AvgIpc) is 3.31. The largest absolute Gasteiger partial charge is 0.365 e. The van der Waals surface area contributed by atoms with Crippen LogP contribution in [0.15, 0.2) is 52.8 Å². The van der Waals surface area contributed by atoms with Gasteiger partial charge >= 0.3 is 0 Å². The number of carbonyl (C=O) groups excluding carboxylic acids is 2. The Kier molecular flexibility index (Phi) is 5.10. The molecule has 2 aromatic carbocycles. The van der Waals surface area contributed by atoms with Crippen LogP contribution in [0.4, 0.5) is 0 Å².